The molecule has 1 aromatic carbocycles. The van der Waals surface area contributed by atoms with E-state index in [0.717, 1.165) is 12.0 Å². The van der Waals surface area contributed by atoms with Crippen LogP contribution in [0.25, 0.3) is 0 Å². The molecule has 1 aromatic rings. The van der Waals surface area contributed by atoms with E-state index in [1.165, 1.54) is 12.5 Å². The number of rotatable bonds is 4. The lowest BCUT2D eigenvalue weighted by Gasteiger charge is -2.43. The Bertz CT molecular complexity index is 526. The Hall–Kier alpha value is -1.84. The molecule has 1 aliphatic rings. The number of hydrogen-bond donors (Lipinski definition) is 1. The maximum absolute atomic E-state index is 11.9. The maximum atomic E-state index is 11.9. The van der Waals surface area contributed by atoms with Crippen LogP contribution in [0.2, 0.25) is 0 Å². The minimum absolute atomic E-state index is 0.159. The van der Waals surface area contributed by atoms with E-state index in [-0.39, 0.29) is 5.91 Å². The van der Waals surface area contributed by atoms with Gasteiger partial charge in [0, 0.05) is 19.9 Å². The average molecular weight is 275 g/mol. The number of hydrogen-bond acceptors (Lipinski definition) is 2. The summed E-state index contributed by atoms with van der Waals surface area (Å²) in [5.41, 5.74) is 1.16. The molecular formula is C16H21NO3. The highest BCUT2D eigenvalue weighted by Gasteiger charge is 2.47. The van der Waals surface area contributed by atoms with Crippen LogP contribution in [-0.4, -0.2) is 34.0 Å². The maximum Gasteiger partial charge on any atom is 0.329 e. The fraction of sp³-hybridized carbons (Fsp3) is 0.500. The van der Waals surface area contributed by atoms with Crippen molar-refractivity contribution in [2.24, 2.45) is 0 Å². The topological polar surface area (TPSA) is 57.6 Å². The lowest BCUT2D eigenvalue weighted by atomic mass is 9.76. The molecule has 0 fully saturated rings. The van der Waals surface area contributed by atoms with Gasteiger partial charge >= 0.3 is 5.97 Å². The molecule has 4 heteroatoms. The molecule has 2 rings (SSSR count). The Kier molecular flexibility index (Phi) is 4.12. The Morgan fingerprint density at radius 2 is 1.95 bits per heavy atom. The number of benzene rings is 1. The molecular weight excluding hydrogens is 254 g/mol. The number of amides is 1. The molecule has 1 unspecified atom stereocenters. The van der Waals surface area contributed by atoms with Crippen molar-refractivity contribution >= 4 is 11.9 Å². The summed E-state index contributed by atoms with van der Waals surface area (Å²) in [6, 6.07) is 7.91. The van der Waals surface area contributed by atoms with Crippen molar-refractivity contribution in [1.29, 1.82) is 0 Å². The van der Waals surface area contributed by atoms with Gasteiger partial charge < -0.3 is 10.0 Å². The van der Waals surface area contributed by atoms with Gasteiger partial charge in [0.05, 0.1) is 0 Å². The molecule has 0 heterocycles. The summed E-state index contributed by atoms with van der Waals surface area (Å²) in [5.74, 6) is -1.05. The molecule has 0 radical (unpaired) electrons. The van der Waals surface area contributed by atoms with E-state index >= 15 is 0 Å². The second-order valence-corrected chi connectivity index (χ2v) is 5.45. The minimum atomic E-state index is -1.09. The summed E-state index contributed by atoms with van der Waals surface area (Å²) in [4.78, 5) is 25.4. The Morgan fingerprint density at radius 3 is 2.50 bits per heavy atom. The van der Waals surface area contributed by atoms with E-state index < -0.39 is 11.5 Å². The van der Waals surface area contributed by atoms with Crippen molar-refractivity contribution in [3.05, 3.63) is 35.4 Å². The van der Waals surface area contributed by atoms with Gasteiger partial charge in [0.2, 0.25) is 5.91 Å². The lowest BCUT2D eigenvalue weighted by molar-refractivity contribution is -0.159. The molecule has 1 amide bonds. The highest BCUT2D eigenvalue weighted by atomic mass is 16.4. The van der Waals surface area contributed by atoms with Crippen LogP contribution in [0.4, 0.5) is 0 Å². The SMILES string of the molecule is CCCN(C(C)=O)C1(C(=O)O)CCc2ccccc2C1. The van der Waals surface area contributed by atoms with Gasteiger partial charge in [-0.1, -0.05) is 31.2 Å². The molecule has 1 atom stereocenters. The Balaban J connectivity index is 2.42. The van der Waals surface area contributed by atoms with Gasteiger partial charge in [-0.3, -0.25) is 4.79 Å². The summed E-state index contributed by atoms with van der Waals surface area (Å²) >= 11 is 0. The van der Waals surface area contributed by atoms with E-state index in [4.69, 9.17) is 0 Å². The van der Waals surface area contributed by atoms with Gasteiger partial charge in [-0.05, 0) is 30.4 Å². The quantitative estimate of drug-likeness (QED) is 0.917. The first-order valence-electron chi connectivity index (χ1n) is 7.09. The van der Waals surface area contributed by atoms with Crippen molar-refractivity contribution in [2.75, 3.05) is 6.54 Å². The van der Waals surface area contributed by atoms with Gasteiger partial charge in [0.15, 0.2) is 0 Å². The molecule has 108 valence electrons. The normalized spacial score (nSPS) is 21.1. The molecule has 20 heavy (non-hydrogen) atoms. The number of aliphatic carboxylic acids is 1. The first kappa shape index (κ1) is 14.6. The van der Waals surface area contributed by atoms with Crippen LogP contribution < -0.4 is 0 Å². The number of fused-ring (bicyclic) bond motifs is 1. The number of aryl methyl sites for hydroxylation is 1. The fourth-order valence-electron chi connectivity index (χ4n) is 3.14. The molecule has 0 saturated carbocycles. The van der Waals surface area contributed by atoms with E-state index in [1.54, 1.807) is 4.90 Å². The minimum Gasteiger partial charge on any atom is -0.479 e. The third-order valence-electron chi connectivity index (χ3n) is 4.15. The number of carbonyl (C=O) groups excluding carboxylic acids is 1. The number of nitrogens with zero attached hydrogens (tertiary/aromatic N) is 1. The van der Waals surface area contributed by atoms with Crippen molar-refractivity contribution in [2.45, 2.75) is 45.1 Å². The van der Waals surface area contributed by atoms with Crippen molar-refractivity contribution in [1.82, 2.24) is 4.90 Å². The van der Waals surface area contributed by atoms with Crippen LogP contribution in [0.1, 0.15) is 37.8 Å². The van der Waals surface area contributed by atoms with E-state index in [9.17, 15) is 14.7 Å². The van der Waals surface area contributed by atoms with Gasteiger partial charge in [-0.2, -0.15) is 0 Å². The largest absolute Gasteiger partial charge is 0.479 e. The van der Waals surface area contributed by atoms with E-state index in [1.807, 2.05) is 31.2 Å². The van der Waals surface area contributed by atoms with Crippen molar-refractivity contribution < 1.29 is 14.7 Å². The zero-order valence-electron chi connectivity index (χ0n) is 12.1. The first-order valence-corrected chi connectivity index (χ1v) is 7.09. The second kappa shape index (κ2) is 5.65. The average Bonchev–Trinajstić information content (AvgIpc) is 2.43. The Morgan fingerprint density at radius 1 is 1.30 bits per heavy atom. The molecule has 1 N–H and O–H groups in total. The summed E-state index contributed by atoms with van der Waals surface area (Å²) in [6.45, 7) is 3.91. The first-order chi connectivity index (χ1) is 9.51. The van der Waals surface area contributed by atoms with Gasteiger partial charge in [0.1, 0.15) is 5.54 Å². The van der Waals surface area contributed by atoms with Crippen LogP contribution in [0.3, 0.4) is 0 Å². The molecule has 0 saturated heterocycles. The van der Waals surface area contributed by atoms with Crippen LogP contribution in [0.5, 0.6) is 0 Å². The summed E-state index contributed by atoms with van der Waals surface area (Å²) < 4.78 is 0. The van der Waals surface area contributed by atoms with E-state index in [0.29, 0.717) is 25.8 Å². The molecule has 4 nitrogen and oxygen atoms in total. The van der Waals surface area contributed by atoms with E-state index in [2.05, 4.69) is 0 Å². The van der Waals surface area contributed by atoms with Crippen LogP contribution in [-0.2, 0) is 22.4 Å². The Labute approximate surface area is 119 Å². The zero-order chi connectivity index (χ0) is 14.8. The predicted octanol–water partition coefficient (Wildman–Crippen LogP) is 2.26. The van der Waals surface area contributed by atoms with Gasteiger partial charge in [0.25, 0.3) is 0 Å². The molecule has 0 bridgehead atoms. The summed E-state index contributed by atoms with van der Waals surface area (Å²) in [7, 11) is 0. The monoisotopic (exact) mass is 275 g/mol. The third-order valence-corrected chi connectivity index (χ3v) is 4.15. The molecule has 1 aliphatic carbocycles. The molecule has 0 aromatic heterocycles. The predicted molar refractivity (Wildman–Crippen MR) is 76.5 cm³/mol. The summed E-state index contributed by atoms with van der Waals surface area (Å²) in [6.07, 6.45) is 2.35. The molecule has 0 aliphatic heterocycles. The molecule has 0 spiro atoms. The fourth-order valence-corrected chi connectivity index (χ4v) is 3.14. The van der Waals surface area contributed by atoms with Crippen LogP contribution >= 0.6 is 0 Å². The summed E-state index contributed by atoms with van der Waals surface area (Å²) in [5, 5.41) is 9.77. The number of carbonyl (C=O) groups is 2. The van der Waals surface area contributed by atoms with Crippen molar-refractivity contribution in [3.63, 3.8) is 0 Å². The highest BCUT2D eigenvalue weighted by Crippen LogP contribution is 2.34. The lowest BCUT2D eigenvalue weighted by Crippen LogP contribution is -2.59. The zero-order valence-corrected chi connectivity index (χ0v) is 12.1. The van der Waals surface area contributed by atoms with Crippen LogP contribution in [0.15, 0.2) is 24.3 Å². The van der Waals surface area contributed by atoms with Crippen molar-refractivity contribution in [3.8, 4) is 0 Å². The smallest absolute Gasteiger partial charge is 0.329 e. The number of carboxylic acid groups (broad SMARTS) is 1. The highest BCUT2D eigenvalue weighted by molar-refractivity contribution is 5.87. The van der Waals surface area contributed by atoms with Gasteiger partial charge in [-0.15, -0.1) is 0 Å². The second-order valence-electron chi connectivity index (χ2n) is 5.45. The van der Waals surface area contributed by atoms with Gasteiger partial charge in [-0.25, -0.2) is 4.79 Å². The van der Waals surface area contributed by atoms with Crippen LogP contribution in [0, 0.1) is 0 Å². The third kappa shape index (κ3) is 2.42. The standard InChI is InChI=1S/C16H21NO3/c1-3-10-17(12(2)18)16(15(19)20)9-8-13-6-4-5-7-14(13)11-16/h4-7H,3,8-11H2,1-2H3,(H,19,20). The number of carboxylic acids is 1.